The number of hydrogen-bond acceptors (Lipinski definition) is 3. The third-order valence-corrected chi connectivity index (χ3v) is 4.45. The van der Waals surface area contributed by atoms with Crippen molar-refractivity contribution in [3.8, 4) is 11.5 Å². The van der Waals surface area contributed by atoms with Gasteiger partial charge < -0.3 is 9.84 Å². The molecule has 1 N–H and O–H groups in total. The van der Waals surface area contributed by atoms with Crippen LogP contribution in [-0.2, 0) is 0 Å². The molecule has 3 heteroatoms. The number of benzene rings is 1. The molecule has 1 unspecified atom stereocenters. The number of phenols is 1. The molecule has 1 aromatic carbocycles. The minimum atomic E-state index is 0.231. The van der Waals surface area contributed by atoms with Gasteiger partial charge in [0.05, 0.1) is 7.11 Å². The molecule has 1 atom stereocenters. The second-order valence-electron chi connectivity index (χ2n) is 5.56. The Morgan fingerprint density at radius 3 is 2.53 bits per heavy atom. The summed E-state index contributed by atoms with van der Waals surface area (Å²) in [5.41, 5.74) is 0.980. The maximum Gasteiger partial charge on any atom is 0.124 e. The van der Waals surface area contributed by atoms with Crippen LogP contribution in [-0.4, -0.2) is 30.2 Å². The van der Waals surface area contributed by atoms with E-state index in [1.807, 2.05) is 12.1 Å². The first-order valence-corrected chi connectivity index (χ1v) is 7.22. The Labute approximate surface area is 116 Å². The highest BCUT2D eigenvalue weighted by molar-refractivity contribution is 5.41. The Balaban J connectivity index is 2.11. The molecule has 0 bridgehead atoms. The number of aromatic hydroxyl groups is 1. The quantitative estimate of drug-likeness (QED) is 0.898. The van der Waals surface area contributed by atoms with Crippen LogP contribution in [0.25, 0.3) is 0 Å². The van der Waals surface area contributed by atoms with Crippen molar-refractivity contribution in [1.29, 1.82) is 0 Å². The summed E-state index contributed by atoms with van der Waals surface area (Å²) in [5, 5.41) is 10.1. The summed E-state index contributed by atoms with van der Waals surface area (Å²) in [7, 11) is 3.79. The number of rotatable bonds is 4. The zero-order chi connectivity index (χ0) is 13.8. The maximum atomic E-state index is 10.1. The summed E-state index contributed by atoms with van der Waals surface area (Å²) < 4.78 is 5.13. The molecule has 0 radical (unpaired) electrons. The summed E-state index contributed by atoms with van der Waals surface area (Å²) in [5.74, 6) is 1.03. The van der Waals surface area contributed by atoms with Crippen molar-refractivity contribution in [1.82, 2.24) is 4.90 Å². The standard InChI is InChI=1S/C16H25NO2/c1-12(17(2)13-7-5-4-6-8-13)15-10-9-14(19-3)11-16(15)18/h9-13,18H,4-8H2,1-3H3. The number of phenolic OH excluding ortho intramolecular Hbond substituents is 1. The summed E-state index contributed by atoms with van der Waals surface area (Å²) >= 11 is 0. The molecule has 19 heavy (non-hydrogen) atoms. The minimum absolute atomic E-state index is 0.231. The molecule has 0 aromatic heterocycles. The van der Waals surface area contributed by atoms with E-state index in [1.54, 1.807) is 13.2 Å². The molecule has 1 aliphatic rings. The SMILES string of the molecule is COc1ccc(C(C)N(C)C2CCCCC2)c(O)c1. The predicted molar refractivity (Wildman–Crippen MR) is 77.7 cm³/mol. The van der Waals surface area contributed by atoms with Crippen LogP contribution in [0.2, 0.25) is 0 Å². The van der Waals surface area contributed by atoms with Gasteiger partial charge >= 0.3 is 0 Å². The van der Waals surface area contributed by atoms with E-state index in [0.717, 1.165) is 5.56 Å². The van der Waals surface area contributed by atoms with Gasteiger partial charge in [0.2, 0.25) is 0 Å². The third-order valence-electron chi connectivity index (χ3n) is 4.45. The van der Waals surface area contributed by atoms with Crippen LogP contribution in [0.4, 0.5) is 0 Å². The van der Waals surface area contributed by atoms with Crippen LogP contribution in [0.1, 0.15) is 50.6 Å². The van der Waals surface area contributed by atoms with E-state index in [-0.39, 0.29) is 6.04 Å². The van der Waals surface area contributed by atoms with Crippen molar-refractivity contribution in [2.45, 2.75) is 51.1 Å². The van der Waals surface area contributed by atoms with E-state index in [1.165, 1.54) is 32.1 Å². The van der Waals surface area contributed by atoms with Gasteiger partial charge in [0.15, 0.2) is 0 Å². The highest BCUT2D eigenvalue weighted by Crippen LogP contribution is 2.34. The van der Waals surface area contributed by atoms with Gasteiger partial charge in [-0.1, -0.05) is 25.3 Å². The van der Waals surface area contributed by atoms with Crippen LogP contribution in [0.3, 0.4) is 0 Å². The van der Waals surface area contributed by atoms with E-state index in [9.17, 15) is 5.11 Å². The highest BCUT2D eigenvalue weighted by Gasteiger charge is 2.24. The van der Waals surface area contributed by atoms with Gasteiger partial charge in [-0.3, -0.25) is 4.90 Å². The molecule has 1 aliphatic carbocycles. The Hall–Kier alpha value is -1.22. The molecular weight excluding hydrogens is 238 g/mol. The average Bonchev–Trinajstić information content (AvgIpc) is 2.46. The van der Waals surface area contributed by atoms with Gasteiger partial charge in [-0.2, -0.15) is 0 Å². The second-order valence-corrected chi connectivity index (χ2v) is 5.56. The number of ether oxygens (including phenoxy) is 1. The average molecular weight is 263 g/mol. The van der Waals surface area contributed by atoms with Gasteiger partial charge in [0.25, 0.3) is 0 Å². The van der Waals surface area contributed by atoms with Crippen molar-refractivity contribution >= 4 is 0 Å². The van der Waals surface area contributed by atoms with Crippen LogP contribution < -0.4 is 4.74 Å². The van der Waals surface area contributed by atoms with Crippen LogP contribution in [0.5, 0.6) is 11.5 Å². The summed E-state index contributed by atoms with van der Waals surface area (Å²) in [6.07, 6.45) is 6.58. The smallest absolute Gasteiger partial charge is 0.124 e. The monoisotopic (exact) mass is 263 g/mol. The molecule has 1 saturated carbocycles. The van der Waals surface area contributed by atoms with Crippen LogP contribution in [0, 0.1) is 0 Å². The topological polar surface area (TPSA) is 32.7 Å². The lowest BCUT2D eigenvalue weighted by atomic mass is 9.92. The van der Waals surface area contributed by atoms with Crippen molar-refractivity contribution in [2.24, 2.45) is 0 Å². The molecule has 0 spiro atoms. The fraction of sp³-hybridized carbons (Fsp3) is 0.625. The Morgan fingerprint density at radius 1 is 1.26 bits per heavy atom. The van der Waals surface area contributed by atoms with Gasteiger partial charge in [-0.25, -0.2) is 0 Å². The van der Waals surface area contributed by atoms with Gasteiger partial charge in [0, 0.05) is 23.7 Å². The lowest BCUT2D eigenvalue weighted by Gasteiger charge is -2.36. The Bertz CT molecular complexity index is 413. The highest BCUT2D eigenvalue weighted by atomic mass is 16.5. The first kappa shape index (κ1) is 14.2. The van der Waals surface area contributed by atoms with Gasteiger partial charge in [-0.05, 0) is 32.9 Å². The molecule has 1 fully saturated rings. The van der Waals surface area contributed by atoms with E-state index >= 15 is 0 Å². The summed E-state index contributed by atoms with van der Waals surface area (Å²) in [6, 6.07) is 6.46. The summed E-state index contributed by atoms with van der Waals surface area (Å²) in [4.78, 5) is 2.40. The molecule has 0 saturated heterocycles. The second kappa shape index (κ2) is 6.29. The van der Waals surface area contributed by atoms with E-state index in [4.69, 9.17) is 4.74 Å². The van der Waals surface area contributed by atoms with Crippen molar-refractivity contribution in [2.75, 3.05) is 14.2 Å². The van der Waals surface area contributed by atoms with E-state index in [2.05, 4.69) is 18.9 Å². The normalized spacial score (nSPS) is 18.5. The van der Waals surface area contributed by atoms with Crippen LogP contribution in [0.15, 0.2) is 18.2 Å². The lowest BCUT2D eigenvalue weighted by Crippen LogP contribution is -2.35. The molecule has 0 amide bonds. The number of hydrogen-bond donors (Lipinski definition) is 1. The Morgan fingerprint density at radius 2 is 1.95 bits per heavy atom. The first-order valence-electron chi connectivity index (χ1n) is 7.22. The maximum absolute atomic E-state index is 10.1. The fourth-order valence-electron chi connectivity index (χ4n) is 3.03. The fourth-order valence-corrected chi connectivity index (χ4v) is 3.03. The van der Waals surface area contributed by atoms with Crippen molar-refractivity contribution < 1.29 is 9.84 Å². The molecule has 0 aliphatic heterocycles. The number of nitrogens with zero attached hydrogens (tertiary/aromatic N) is 1. The van der Waals surface area contributed by atoms with E-state index in [0.29, 0.717) is 17.5 Å². The molecule has 3 nitrogen and oxygen atoms in total. The van der Waals surface area contributed by atoms with Crippen molar-refractivity contribution in [3.63, 3.8) is 0 Å². The summed E-state index contributed by atoms with van der Waals surface area (Å²) in [6.45, 7) is 2.16. The van der Waals surface area contributed by atoms with E-state index < -0.39 is 0 Å². The van der Waals surface area contributed by atoms with Gasteiger partial charge in [-0.15, -0.1) is 0 Å². The first-order chi connectivity index (χ1) is 9.13. The molecule has 106 valence electrons. The molecule has 2 rings (SSSR count). The predicted octanol–water partition coefficient (Wildman–Crippen LogP) is 3.73. The van der Waals surface area contributed by atoms with Crippen molar-refractivity contribution in [3.05, 3.63) is 23.8 Å². The minimum Gasteiger partial charge on any atom is -0.507 e. The van der Waals surface area contributed by atoms with Crippen LogP contribution >= 0.6 is 0 Å². The zero-order valence-corrected chi connectivity index (χ0v) is 12.2. The Kier molecular flexibility index (Phi) is 4.70. The third kappa shape index (κ3) is 3.21. The lowest BCUT2D eigenvalue weighted by molar-refractivity contribution is 0.145. The zero-order valence-electron chi connectivity index (χ0n) is 12.2. The molecule has 0 heterocycles. The molecule has 1 aromatic rings. The largest absolute Gasteiger partial charge is 0.507 e. The molecular formula is C16H25NO2. The van der Waals surface area contributed by atoms with Gasteiger partial charge in [0.1, 0.15) is 11.5 Å². The number of methoxy groups -OCH3 is 1.